The molecular formula is C12H14N4O2. The van der Waals surface area contributed by atoms with E-state index in [0.29, 0.717) is 18.7 Å². The molecular weight excluding hydrogens is 232 g/mol. The number of aromatic nitrogens is 3. The predicted molar refractivity (Wildman–Crippen MR) is 62.9 cm³/mol. The summed E-state index contributed by atoms with van der Waals surface area (Å²) >= 11 is 0. The lowest BCUT2D eigenvalue weighted by Crippen LogP contribution is -2.35. The van der Waals surface area contributed by atoms with Crippen molar-refractivity contribution in [3.05, 3.63) is 35.0 Å². The Balaban J connectivity index is 1.85. The second-order valence-electron chi connectivity index (χ2n) is 4.53. The Morgan fingerprint density at radius 3 is 3.06 bits per heavy atom. The van der Waals surface area contributed by atoms with Crippen LogP contribution in [0, 0.1) is 6.92 Å². The highest BCUT2D eigenvalue weighted by Gasteiger charge is 2.25. The number of carbonyl (C=O) groups is 1. The van der Waals surface area contributed by atoms with Gasteiger partial charge in [-0.1, -0.05) is 5.16 Å². The van der Waals surface area contributed by atoms with E-state index in [1.165, 1.54) is 0 Å². The minimum atomic E-state index is 0.0208. The SMILES string of the molecule is Cc1c(C(=O)N2CCc3nocc3C2)cnn1C. The van der Waals surface area contributed by atoms with Crippen LogP contribution in [0.1, 0.15) is 27.3 Å². The monoisotopic (exact) mass is 246 g/mol. The highest BCUT2D eigenvalue weighted by molar-refractivity contribution is 5.95. The number of hydrogen-bond acceptors (Lipinski definition) is 4. The van der Waals surface area contributed by atoms with Crippen LogP contribution in [-0.2, 0) is 20.0 Å². The molecule has 0 spiro atoms. The third-order valence-electron chi connectivity index (χ3n) is 3.46. The first-order valence-corrected chi connectivity index (χ1v) is 5.87. The molecule has 3 heterocycles. The van der Waals surface area contributed by atoms with Gasteiger partial charge in [0.15, 0.2) is 0 Å². The summed E-state index contributed by atoms with van der Waals surface area (Å²) in [6.45, 7) is 3.13. The van der Waals surface area contributed by atoms with Crippen LogP contribution in [-0.4, -0.2) is 32.3 Å². The normalized spacial score (nSPS) is 14.7. The third kappa shape index (κ3) is 1.61. The van der Waals surface area contributed by atoms with E-state index in [9.17, 15) is 4.79 Å². The number of hydrogen-bond donors (Lipinski definition) is 0. The number of aryl methyl sites for hydroxylation is 1. The first kappa shape index (κ1) is 11.0. The molecule has 1 aliphatic rings. The van der Waals surface area contributed by atoms with E-state index in [2.05, 4.69) is 10.3 Å². The molecule has 0 N–H and O–H groups in total. The summed E-state index contributed by atoms with van der Waals surface area (Å²) in [7, 11) is 1.83. The van der Waals surface area contributed by atoms with Crippen LogP contribution >= 0.6 is 0 Å². The molecule has 0 bridgehead atoms. The molecule has 94 valence electrons. The van der Waals surface area contributed by atoms with Crippen molar-refractivity contribution in [3.8, 4) is 0 Å². The Bertz CT molecular complexity index is 599. The van der Waals surface area contributed by atoms with Crippen molar-refractivity contribution in [1.82, 2.24) is 19.8 Å². The molecule has 2 aromatic heterocycles. The average molecular weight is 246 g/mol. The highest BCUT2D eigenvalue weighted by Crippen LogP contribution is 2.20. The molecule has 6 nitrogen and oxygen atoms in total. The van der Waals surface area contributed by atoms with Gasteiger partial charge in [-0.2, -0.15) is 5.10 Å². The second-order valence-corrected chi connectivity index (χ2v) is 4.53. The molecule has 0 unspecified atom stereocenters. The minimum absolute atomic E-state index is 0.0208. The van der Waals surface area contributed by atoms with Gasteiger partial charge < -0.3 is 9.42 Å². The molecule has 0 radical (unpaired) electrons. The Kier molecular flexibility index (Phi) is 2.43. The molecule has 0 aliphatic carbocycles. The Labute approximate surface area is 104 Å². The molecule has 18 heavy (non-hydrogen) atoms. The van der Waals surface area contributed by atoms with E-state index < -0.39 is 0 Å². The van der Waals surface area contributed by atoms with Gasteiger partial charge >= 0.3 is 0 Å². The number of fused-ring (bicyclic) bond motifs is 1. The van der Waals surface area contributed by atoms with E-state index in [-0.39, 0.29) is 5.91 Å². The summed E-state index contributed by atoms with van der Waals surface area (Å²) in [5.41, 5.74) is 3.51. The molecule has 0 fully saturated rings. The van der Waals surface area contributed by atoms with Gasteiger partial charge in [0.25, 0.3) is 5.91 Å². The minimum Gasteiger partial charge on any atom is -0.364 e. The van der Waals surface area contributed by atoms with Crippen LogP contribution in [0.15, 0.2) is 17.0 Å². The van der Waals surface area contributed by atoms with Crippen LogP contribution < -0.4 is 0 Å². The van der Waals surface area contributed by atoms with Gasteiger partial charge in [-0.15, -0.1) is 0 Å². The van der Waals surface area contributed by atoms with Crippen LogP contribution in [0.3, 0.4) is 0 Å². The van der Waals surface area contributed by atoms with Gasteiger partial charge in [0.1, 0.15) is 6.26 Å². The molecule has 1 aliphatic heterocycles. The van der Waals surface area contributed by atoms with Gasteiger partial charge in [0.05, 0.1) is 24.0 Å². The molecule has 0 saturated heterocycles. The summed E-state index contributed by atoms with van der Waals surface area (Å²) < 4.78 is 6.63. The van der Waals surface area contributed by atoms with E-state index in [0.717, 1.165) is 23.4 Å². The lowest BCUT2D eigenvalue weighted by molar-refractivity contribution is 0.0733. The standard InChI is InChI=1S/C12H14N4O2/c1-8-10(5-13-15(8)2)12(17)16-4-3-11-9(6-16)7-18-14-11/h5,7H,3-4,6H2,1-2H3. The van der Waals surface area contributed by atoms with Crippen LogP contribution in [0.25, 0.3) is 0 Å². The van der Waals surface area contributed by atoms with Gasteiger partial charge in [-0.05, 0) is 6.92 Å². The molecule has 0 aromatic carbocycles. The van der Waals surface area contributed by atoms with Crippen LogP contribution in [0.5, 0.6) is 0 Å². The maximum absolute atomic E-state index is 12.4. The van der Waals surface area contributed by atoms with E-state index in [4.69, 9.17) is 4.52 Å². The number of nitrogens with zero attached hydrogens (tertiary/aromatic N) is 4. The quantitative estimate of drug-likeness (QED) is 0.750. The van der Waals surface area contributed by atoms with E-state index in [1.807, 2.05) is 18.9 Å². The van der Waals surface area contributed by atoms with Crippen molar-refractivity contribution < 1.29 is 9.32 Å². The largest absolute Gasteiger partial charge is 0.364 e. The zero-order valence-electron chi connectivity index (χ0n) is 10.4. The second kappa shape index (κ2) is 3.97. The molecule has 2 aromatic rings. The van der Waals surface area contributed by atoms with Crippen LogP contribution in [0.4, 0.5) is 0 Å². The van der Waals surface area contributed by atoms with Crippen molar-refractivity contribution in [1.29, 1.82) is 0 Å². The van der Waals surface area contributed by atoms with Crippen LogP contribution in [0.2, 0.25) is 0 Å². The summed E-state index contributed by atoms with van der Waals surface area (Å²) in [5.74, 6) is 0.0208. The lowest BCUT2D eigenvalue weighted by atomic mass is 10.1. The first-order chi connectivity index (χ1) is 8.66. The van der Waals surface area contributed by atoms with Crippen molar-refractivity contribution >= 4 is 5.91 Å². The number of amides is 1. The highest BCUT2D eigenvalue weighted by atomic mass is 16.5. The number of carbonyl (C=O) groups excluding carboxylic acids is 1. The Morgan fingerprint density at radius 2 is 2.33 bits per heavy atom. The molecule has 3 rings (SSSR count). The fourth-order valence-electron chi connectivity index (χ4n) is 2.19. The Hall–Kier alpha value is -2.11. The third-order valence-corrected chi connectivity index (χ3v) is 3.46. The fourth-order valence-corrected chi connectivity index (χ4v) is 2.19. The van der Waals surface area contributed by atoms with Gasteiger partial charge in [-0.3, -0.25) is 9.48 Å². The van der Waals surface area contributed by atoms with Crippen molar-refractivity contribution in [2.24, 2.45) is 7.05 Å². The maximum atomic E-state index is 12.4. The summed E-state index contributed by atoms with van der Waals surface area (Å²) in [5, 5.41) is 8.02. The maximum Gasteiger partial charge on any atom is 0.257 e. The van der Waals surface area contributed by atoms with Crippen molar-refractivity contribution in [3.63, 3.8) is 0 Å². The van der Waals surface area contributed by atoms with E-state index >= 15 is 0 Å². The first-order valence-electron chi connectivity index (χ1n) is 5.87. The Morgan fingerprint density at radius 1 is 1.50 bits per heavy atom. The molecule has 1 amide bonds. The summed E-state index contributed by atoms with van der Waals surface area (Å²) in [4.78, 5) is 14.2. The molecule has 6 heteroatoms. The topological polar surface area (TPSA) is 64.2 Å². The van der Waals surface area contributed by atoms with Gasteiger partial charge in [0, 0.05) is 31.3 Å². The van der Waals surface area contributed by atoms with Crippen molar-refractivity contribution in [2.45, 2.75) is 19.9 Å². The smallest absolute Gasteiger partial charge is 0.257 e. The zero-order chi connectivity index (χ0) is 12.7. The fraction of sp³-hybridized carbons (Fsp3) is 0.417. The zero-order valence-corrected chi connectivity index (χ0v) is 10.4. The van der Waals surface area contributed by atoms with Crippen molar-refractivity contribution in [2.75, 3.05) is 6.54 Å². The average Bonchev–Trinajstić information content (AvgIpc) is 2.96. The van der Waals surface area contributed by atoms with Gasteiger partial charge in [-0.25, -0.2) is 0 Å². The molecule has 0 atom stereocenters. The molecule has 0 saturated carbocycles. The lowest BCUT2D eigenvalue weighted by Gasteiger charge is -2.25. The van der Waals surface area contributed by atoms with Gasteiger partial charge in [0.2, 0.25) is 0 Å². The number of rotatable bonds is 1. The van der Waals surface area contributed by atoms with E-state index in [1.54, 1.807) is 17.1 Å². The predicted octanol–water partition coefficient (Wildman–Crippen LogP) is 0.915. The summed E-state index contributed by atoms with van der Waals surface area (Å²) in [6, 6.07) is 0. The summed E-state index contributed by atoms with van der Waals surface area (Å²) in [6.07, 6.45) is 3.99.